The molecule has 2 heterocycles. The van der Waals surface area contributed by atoms with Crippen LogP contribution in [-0.4, -0.2) is 33.1 Å². The van der Waals surface area contributed by atoms with Crippen LogP contribution in [0.1, 0.15) is 31.7 Å². The number of rotatable bonds is 6. The molecule has 3 rings (SSSR count). The van der Waals surface area contributed by atoms with E-state index in [0.717, 1.165) is 18.7 Å². The molecule has 1 aliphatic heterocycles. The zero-order chi connectivity index (χ0) is 17.8. The molecular weight excluding hydrogens is 318 g/mol. The zero-order valence-corrected chi connectivity index (χ0v) is 14.6. The molecule has 1 aromatic carbocycles. The summed E-state index contributed by atoms with van der Waals surface area (Å²) in [6.45, 7) is 5.57. The van der Waals surface area contributed by atoms with E-state index in [0.29, 0.717) is 18.9 Å². The first-order valence-corrected chi connectivity index (χ1v) is 8.66. The van der Waals surface area contributed by atoms with Crippen molar-refractivity contribution in [3.05, 3.63) is 42.0 Å². The highest BCUT2D eigenvalue weighted by molar-refractivity contribution is 6.00. The summed E-state index contributed by atoms with van der Waals surface area (Å²) in [4.78, 5) is 26.4. The van der Waals surface area contributed by atoms with Crippen molar-refractivity contribution in [2.75, 3.05) is 11.4 Å². The zero-order valence-electron chi connectivity index (χ0n) is 14.6. The molecule has 0 saturated carbocycles. The molecule has 1 saturated heterocycles. The Kier molecular flexibility index (Phi) is 5.11. The van der Waals surface area contributed by atoms with E-state index >= 15 is 0 Å². The quantitative estimate of drug-likeness (QED) is 0.864. The van der Waals surface area contributed by atoms with Crippen molar-refractivity contribution in [3.63, 3.8) is 0 Å². The third kappa shape index (κ3) is 3.70. The Hall–Kier alpha value is -2.70. The molecular formula is C18H23N5O2. The lowest BCUT2D eigenvalue weighted by atomic mass is 10.1. The molecule has 132 valence electrons. The van der Waals surface area contributed by atoms with Crippen molar-refractivity contribution in [1.82, 2.24) is 20.1 Å². The predicted octanol–water partition coefficient (Wildman–Crippen LogP) is 1.53. The maximum atomic E-state index is 12.4. The maximum Gasteiger partial charge on any atom is 0.227 e. The van der Waals surface area contributed by atoms with Gasteiger partial charge < -0.3 is 14.8 Å². The Balaban J connectivity index is 1.60. The molecule has 0 radical (unpaired) electrons. The summed E-state index contributed by atoms with van der Waals surface area (Å²) in [6, 6.07) is 7.93. The Labute approximate surface area is 147 Å². The van der Waals surface area contributed by atoms with Gasteiger partial charge in [0.1, 0.15) is 6.33 Å². The molecule has 25 heavy (non-hydrogen) atoms. The predicted molar refractivity (Wildman–Crippen MR) is 93.8 cm³/mol. The van der Waals surface area contributed by atoms with Gasteiger partial charge in [-0.15, -0.1) is 10.2 Å². The van der Waals surface area contributed by atoms with Gasteiger partial charge in [-0.05, 0) is 31.0 Å². The number of benzene rings is 1. The Morgan fingerprint density at radius 3 is 2.72 bits per heavy atom. The first kappa shape index (κ1) is 17.1. The second-order valence-electron chi connectivity index (χ2n) is 6.18. The van der Waals surface area contributed by atoms with E-state index in [2.05, 4.69) is 22.4 Å². The van der Waals surface area contributed by atoms with Gasteiger partial charge in [-0.1, -0.05) is 19.1 Å². The third-order valence-corrected chi connectivity index (χ3v) is 4.61. The molecule has 0 bridgehead atoms. The van der Waals surface area contributed by atoms with Crippen molar-refractivity contribution in [2.24, 2.45) is 5.92 Å². The molecule has 1 aromatic heterocycles. The molecule has 0 spiro atoms. The maximum absolute atomic E-state index is 12.4. The van der Waals surface area contributed by atoms with E-state index in [-0.39, 0.29) is 24.2 Å². The molecule has 7 nitrogen and oxygen atoms in total. The summed E-state index contributed by atoms with van der Waals surface area (Å²) in [5.74, 6) is 0.247. The minimum absolute atomic E-state index is 0.0128. The van der Waals surface area contributed by atoms with Crippen LogP contribution in [-0.2, 0) is 29.1 Å². The van der Waals surface area contributed by atoms with Gasteiger partial charge in [0.25, 0.3) is 0 Å². The van der Waals surface area contributed by atoms with E-state index in [1.54, 1.807) is 11.2 Å². The van der Waals surface area contributed by atoms with Gasteiger partial charge in [0.15, 0.2) is 5.82 Å². The number of nitrogens with zero attached hydrogens (tertiary/aromatic N) is 4. The minimum atomic E-state index is -0.337. The largest absolute Gasteiger partial charge is 0.348 e. The number of hydrogen-bond acceptors (Lipinski definition) is 4. The lowest BCUT2D eigenvalue weighted by molar-refractivity contribution is -0.126. The monoisotopic (exact) mass is 341 g/mol. The van der Waals surface area contributed by atoms with Gasteiger partial charge in [-0.2, -0.15) is 0 Å². The summed E-state index contributed by atoms with van der Waals surface area (Å²) in [7, 11) is 0. The standard InChI is InChI=1S/C18H23N5O2/c1-3-13-5-7-15(8-6-13)23-11-14(9-17(23)24)18(25)19-10-16-21-20-12-22(16)4-2/h5-8,12,14H,3-4,9-11H2,1-2H3,(H,19,25)/t14-/m1/s1. The average Bonchev–Trinajstić information content (AvgIpc) is 3.26. The summed E-state index contributed by atoms with van der Waals surface area (Å²) >= 11 is 0. The van der Waals surface area contributed by atoms with Crippen molar-refractivity contribution >= 4 is 17.5 Å². The first-order chi connectivity index (χ1) is 12.1. The lowest BCUT2D eigenvalue weighted by Gasteiger charge is -2.17. The SMILES string of the molecule is CCc1ccc(N2C[C@H](C(=O)NCc3nncn3CC)CC2=O)cc1. The fourth-order valence-corrected chi connectivity index (χ4v) is 3.03. The summed E-state index contributed by atoms with van der Waals surface area (Å²) in [6.07, 6.45) is 2.84. The number of anilines is 1. The topological polar surface area (TPSA) is 80.1 Å². The molecule has 0 aliphatic carbocycles. The molecule has 2 amide bonds. The number of hydrogen-bond donors (Lipinski definition) is 1. The number of amides is 2. The van der Waals surface area contributed by atoms with E-state index in [1.807, 2.05) is 35.8 Å². The summed E-state index contributed by atoms with van der Waals surface area (Å²) < 4.78 is 1.88. The van der Waals surface area contributed by atoms with Crippen LogP contribution in [0.25, 0.3) is 0 Å². The van der Waals surface area contributed by atoms with Gasteiger partial charge in [-0.25, -0.2) is 0 Å². The first-order valence-electron chi connectivity index (χ1n) is 8.66. The van der Waals surface area contributed by atoms with Gasteiger partial charge in [-0.3, -0.25) is 9.59 Å². The number of carbonyl (C=O) groups excluding carboxylic acids is 2. The highest BCUT2D eigenvalue weighted by Crippen LogP contribution is 2.25. The fraction of sp³-hybridized carbons (Fsp3) is 0.444. The van der Waals surface area contributed by atoms with E-state index < -0.39 is 0 Å². The van der Waals surface area contributed by atoms with Crippen molar-refractivity contribution in [3.8, 4) is 0 Å². The normalized spacial score (nSPS) is 17.1. The second-order valence-corrected chi connectivity index (χ2v) is 6.18. The van der Waals surface area contributed by atoms with Crippen molar-refractivity contribution < 1.29 is 9.59 Å². The van der Waals surface area contributed by atoms with Crippen LogP contribution in [0.4, 0.5) is 5.69 Å². The van der Waals surface area contributed by atoms with Crippen molar-refractivity contribution in [1.29, 1.82) is 0 Å². The van der Waals surface area contributed by atoms with Crippen LogP contribution >= 0.6 is 0 Å². The Bertz CT molecular complexity index is 753. The lowest BCUT2D eigenvalue weighted by Crippen LogP contribution is -2.33. The Morgan fingerprint density at radius 1 is 1.28 bits per heavy atom. The van der Waals surface area contributed by atoms with Crippen LogP contribution in [0.5, 0.6) is 0 Å². The summed E-state index contributed by atoms with van der Waals surface area (Å²) in [5, 5.41) is 10.7. The van der Waals surface area contributed by atoms with E-state index in [1.165, 1.54) is 5.56 Å². The van der Waals surface area contributed by atoms with Crippen LogP contribution in [0.3, 0.4) is 0 Å². The summed E-state index contributed by atoms with van der Waals surface area (Å²) in [5.41, 5.74) is 2.08. The minimum Gasteiger partial charge on any atom is -0.348 e. The fourth-order valence-electron chi connectivity index (χ4n) is 3.03. The number of aromatic nitrogens is 3. The molecule has 2 aromatic rings. The molecule has 7 heteroatoms. The second kappa shape index (κ2) is 7.46. The van der Waals surface area contributed by atoms with Crippen LogP contribution in [0.2, 0.25) is 0 Å². The average molecular weight is 341 g/mol. The third-order valence-electron chi connectivity index (χ3n) is 4.61. The van der Waals surface area contributed by atoms with Crippen molar-refractivity contribution in [2.45, 2.75) is 39.8 Å². The van der Waals surface area contributed by atoms with Gasteiger partial charge in [0, 0.05) is 25.2 Å². The number of nitrogens with one attached hydrogen (secondary N) is 1. The van der Waals surface area contributed by atoms with E-state index in [9.17, 15) is 9.59 Å². The van der Waals surface area contributed by atoms with E-state index in [4.69, 9.17) is 0 Å². The molecule has 1 fully saturated rings. The van der Waals surface area contributed by atoms with Crippen LogP contribution in [0.15, 0.2) is 30.6 Å². The van der Waals surface area contributed by atoms with Gasteiger partial charge >= 0.3 is 0 Å². The van der Waals surface area contributed by atoms with Crippen LogP contribution < -0.4 is 10.2 Å². The molecule has 1 atom stereocenters. The molecule has 0 unspecified atom stereocenters. The van der Waals surface area contributed by atoms with Gasteiger partial charge in [0.2, 0.25) is 11.8 Å². The smallest absolute Gasteiger partial charge is 0.227 e. The number of aryl methyl sites for hydroxylation is 2. The highest BCUT2D eigenvalue weighted by atomic mass is 16.2. The van der Waals surface area contributed by atoms with Crippen LogP contribution in [0, 0.1) is 5.92 Å². The molecule has 1 N–H and O–H groups in total. The molecule has 1 aliphatic rings. The number of carbonyl (C=O) groups is 2. The highest BCUT2D eigenvalue weighted by Gasteiger charge is 2.35. The Morgan fingerprint density at radius 2 is 2.04 bits per heavy atom. The van der Waals surface area contributed by atoms with Gasteiger partial charge in [0.05, 0.1) is 12.5 Å².